The van der Waals surface area contributed by atoms with Crippen molar-refractivity contribution >= 4 is 10.0 Å². The third-order valence-electron chi connectivity index (χ3n) is 2.68. The highest BCUT2D eigenvalue weighted by Gasteiger charge is 2.30. The normalized spacial score (nSPS) is 30.5. The van der Waals surface area contributed by atoms with Gasteiger partial charge in [-0.15, -0.1) is 0 Å². The maximum absolute atomic E-state index is 11.7. The molecule has 0 aromatic heterocycles. The van der Waals surface area contributed by atoms with E-state index in [-0.39, 0.29) is 17.8 Å². The summed E-state index contributed by atoms with van der Waals surface area (Å²) in [5.41, 5.74) is 0. The second-order valence-electron chi connectivity index (χ2n) is 4.01. The third-order valence-corrected chi connectivity index (χ3v) is 4.72. The Morgan fingerprint density at radius 1 is 1.50 bits per heavy atom. The minimum absolute atomic E-state index is 0.0513. The fraction of sp³-hybridized carbons (Fsp3) is 1.00. The van der Waals surface area contributed by atoms with Crippen molar-refractivity contribution in [1.29, 1.82) is 0 Å². The second kappa shape index (κ2) is 4.59. The summed E-state index contributed by atoms with van der Waals surface area (Å²) in [6.45, 7) is 4.68. The molecule has 5 heteroatoms. The molecule has 2 unspecified atom stereocenters. The van der Waals surface area contributed by atoms with Crippen LogP contribution in [0.2, 0.25) is 0 Å². The fourth-order valence-corrected chi connectivity index (χ4v) is 3.35. The van der Waals surface area contributed by atoms with Gasteiger partial charge in [0.15, 0.2) is 0 Å². The molecule has 14 heavy (non-hydrogen) atoms. The fourth-order valence-electron chi connectivity index (χ4n) is 1.73. The minimum Gasteiger partial charge on any atom is -0.393 e. The standard InChI is InChI=1S/C9H19NO3S/c1-3-6-14(12,13)10-5-4-9(11)8(2)7-10/h8-9,11H,3-7H2,1-2H3. The summed E-state index contributed by atoms with van der Waals surface area (Å²) in [5, 5.41) is 9.47. The van der Waals surface area contributed by atoms with E-state index in [0.717, 1.165) is 0 Å². The van der Waals surface area contributed by atoms with Crippen molar-refractivity contribution in [2.24, 2.45) is 5.92 Å². The number of aliphatic hydroxyl groups is 1. The van der Waals surface area contributed by atoms with E-state index >= 15 is 0 Å². The lowest BCUT2D eigenvalue weighted by molar-refractivity contribution is 0.0629. The van der Waals surface area contributed by atoms with Crippen molar-refractivity contribution in [3.05, 3.63) is 0 Å². The first-order valence-electron chi connectivity index (χ1n) is 5.13. The first kappa shape index (κ1) is 11.9. The molecule has 4 nitrogen and oxygen atoms in total. The van der Waals surface area contributed by atoms with Gasteiger partial charge in [0, 0.05) is 13.1 Å². The number of piperidine rings is 1. The lowest BCUT2D eigenvalue weighted by atomic mass is 9.99. The molecular weight excluding hydrogens is 202 g/mol. The van der Waals surface area contributed by atoms with E-state index in [0.29, 0.717) is 25.9 Å². The molecule has 1 fully saturated rings. The van der Waals surface area contributed by atoms with Crippen molar-refractivity contribution < 1.29 is 13.5 Å². The highest BCUT2D eigenvalue weighted by Crippen LogP contribution is 2.19. The maximum atomic E-state index is 11.7. The summed E-state index contributed by atoms with van der Waals surface area (Å²) in [6, 6.07) is 0. The molecule has 0 bridgehead atoms. The number of hydrogen-bond acceptors (Lipinski definition) is 3. The van der Waals surface area contributed by atoms with Crippen LogP contribution in [0.1, 0.15) is 26.7 Å². The van der Waals surface area contributed by atoms with Gasteiger partial charge in [-0.2, -0.15) is 0 Å². The van der Waals surface area contributed by atoms with Crippen LogP contribution >= 0.6 is 0 Å². The molecule has 0 spiro atoms. The topological polar surface area (TPSA) is 57.6 Å². The third kappa shape index (κ3) is 2.68. The quantitative estimate of drug-likeness (QED) is 0.752. The van der Waals surface area contributed by atoms with Crippen molar-refractivity contribution in [3.8, 4) is 0 Å². The van der Waals surface area contributed by atoms with Crippen LogP contribution in [0, 0.1) is 5.92 Å². The van der Waals surface area contributed by atoms with Gasteiger partial charge in [-0.05, 0) is 18.8 Å². The average molecular weight is 221 g/mol. The summed E-state index contributed by atoms with van der Waals surface area (Å²) < 4.78 is 24.9. The van der Waals surface area contributed by atoms with Crippen LogP contribution in [0.4, 0.5) is 0 Å². The monoisotopic (exact) mass is 221 g/mol. The van der Waals surface area contributed by atoms with Crippen molar-refractivity contribution in [2.45, 2.75) is 32.8 Å². The van der Waals surface area contributed by atoms with E-state index in [4.69, 9.17) is 0 Å². The number of hydrogen-bond donors (Lipinski definition) is 1. The Bertz CT molecular complexity index is 276. The molecule has 1 aliphatic heterocycles. The molecule has 0 aromatic carbocycles. The molecule has 0 saturated carbocycles. The number of sulfonamides is 1. The molecule has 1 heterocycles. The Labute approximate surface area is 86.0 Å². The Morgan fingerprint density at radius 3 is 2.64 bits per heavy atom. The molecule has 0 aromatic rings. The van der Waals surface area contributed by atoms with E-state index in [1.54, 1.807) is 0 Å². The van der Waals surface area contributed by atoms with Crippen LogP contribution in [0.15, 0.2) is 0 Å². The zero-order valence-electron chi connectivity index (χ0n) is 8.81. The van der Waals surface area contributed by atoms with Gasteiger partial charge in [-0.25, -0.2) is 12.7 Å². The van der Waals surface area contributed by atoms with E-state index < -0.39 is 10.0 Å². The zero-order valence-corrected chi connectivity index (χ0v) is 9.63. The van der Waals surface area contributed by atoms with Gasteiger partial charge in [0.25, 0.3) is 0 Å². The minimum atomic E-state index is -3.07. The molecule has 1 saturated heterocycles. The van der Waals surface area contributed by atoms with Crippen molar-refractivity contribution in [2.75, 3.05) is 18.8 Å². The zero-order chi connectivity index (χ0) is 10.8. The summed E-state index contributed by atoms with van der Waals surface area (Å²) in [6.07, 6.45) is 0.864. The van der Waals surface area contributed by atoms with Gasteiger partial charge in [-0.3, -0.25) is 0 Å². The van der Waals surface area contributed by atoms with Crippen LogP contribution < -0.4 is 0 Å². The maximum Gasteiger partial charge on any atom is 0.214 e. The summed E-state index contributed by atoms with van der Waals surface area (Å²) in [4.78, 5) is 0. The smallest absolute Gasteiger partial charge is 0.214 e. The first-order chi connectivity index (χ1) is 6.47. The van der Waals surface area contributed by atoms with Crippen LogP contribution in [-0.4, -0.2) is 42.8 Å². The highest BCUT2D eigenvalue weighted by atomic mass is 32.2. The predicted molar refractivity (Wildman–Crippen MR) is 55.4 cm³/mol. The van der Waals surface area contributed by atoms with Gasteiger partial charge in [-0.1, -0.05) is 13.8 Å². The van der Waals surface area contributed by atoms with Gasteiger partial charge in [0.2, 0.25) is 10.0 Å². The second-order valence-corrected chi connectivity index (χ2v) is 6.10. The number of rotatable bonds is 3. The molecule has 0 amide bonds. The van der Waals surface area contributed by atoms with Gasteiger partial charge in [0.1, 0.15) is 0 Å². The summed E-state index contributed by atoms with van der Waals surface area (Å²) in [7, 11) is -3.07. The van der Waals surface area contributed by atoms with Gasteiger partial charge in [0.05, 0.1) is 11.9 Å². The van der Waals surface area contributed by atoms with Crippen molar-refractivity contribution in [3.63, 3.8) is 0 Å². The molecule has 1 aliphatic rings. The highest BCUT2D eigenvalue weighted by molar-refractivity contribution is 7.89. The van der Waals surface area contributed by atoms with Crippen LogP contribution in [0.5, 0.6) is 0 Å². The molecule has 84 valence electrons. The SMILES string of the molecule is CCCS(=O)(=O)N1CCC(O)C(C)C1. The average Bonchev–Trinajstić information content (AvgIpc) is 2.09. The van der Waals surface area contributed by atoms with E-state index in [2.05, 4.69) is 0 Å². The van der Waals surface area contributed by atoms with Crippen LogP contribution in [-0.2, 0) is 10.0 Å². The van der Waals surface area contributed by atoms with Gasteiger partial charge < -0.3 is 5.11 Å². The molecule has 0 radical (unpaired) electrons. The Morgan fingerprint density at radius 2 is 2.14 bits per heavy atom. The van der Waals surface area contributed by atoms with E-state index in [1.807, 2.05) is 13.8 Å². The van der Waals surface area contributed by atoms with Crippen LogP contribution in [0.25, 0.3) is 0 Å². The molecule has 0 aliphatic carbocycles. The first-order valence-corrected chi connectivity index (χ1v) is 6.74. The number of aliphatic hydroxyl groups excluding tert-OH is 1. The largest absolute Gasteiger partial charge is 0.393 e. The Balaban J connectivity index is 2.63. The molecular formula is C9H19NO3S. The predicted octanol–water partition coefficient (Wildman–Crippen LogP) is 0.429. The van der Waals surface area contributed by atoms with Crippen molar-refractivity contribution in [1.82, 2.24) is 4.31 Å². The van der Waals surface area contributed by atoms with Gasteiger partial charge >= 0.3 is 0 Å². The van der Waals surface area contributed by atoms with E-state index in [1.165, 1.54) is 4.31 Å². The summed E-state index contributed by atoms with van der Waals surface area (Å²) in [5.74, 6) is 0.269. The lowest BCUT2D eigenvalue weighted by Crippen LogP contribution is -2.45. The number of nitrogens with zero attached hydrogens (tertiary/aromatic N) is 1. The molecule has 1 rings (SSSR count). The Kier molecular flexibility index (Phi) is 3.92. The van der Waals surface area contributed by atoms with Crippen LogP contribution in [0.3, 0.4) is 0 Å². The molecule has 1 N–H and O–H groups in total. The van der Waals surface area contributed by atoms with E-state index in [9.17, 15) is 13.5 Å². The molecule has 2 atom stereocenters. The Hall–Kier alpha value is -0.130. The summed E-state index contributed by atoms with van der Waals surface area (Å²) >= 11 is 0. The lowest BCUT2D eigenvalue weighted by Gasteiger charge is -2.33.